The molecule has 0 radical (unpaired) electrons. The van der Waals surface area contributed by atoms with E-state index in [4.69, 9.17) is 4.42 Å². The third kappa shape index (κ3) is 4.98. The number of nitrogens with zero attached hydrogens (tertiary/aromatic N) is 2. The number of hydrogen-bond donors (Lipinski definition) is 0. The van der Waals surface area contributed by atoms with Gasteiger partial charge in [-0.3, -0.25) is 0 Å². The average Bonchev–Trinajstić information content (AvgIpc) is 3.80. The lowest BCUT2D eigenvalue weighted by Crippen LogP contribution is -2.12. The minimum atomic E-state index is 0.889. The van der Waals surface area contributed by atoms with Gasteiger partial charge in [-0.25, -0.2) is 0 Å². The summed E-state index contributed by atoms with van der Waals surface area (Å²) in [4.78, 5) is 2.49. The van der Waals surface area contributed by atoms with Crippen molar-refractivity contribution in [3.63, 3.8) is 0 Å². The first-order valence-corrected chi connectivity index (χ1v) is 18.8. The largest absolute Gasteiger partial charge is 0.456 e. The summed E-state index contributed by atoms with van der Waals surface area (Å²) in [7, 11) is 0. The van der Waals surface area contributed by atoms with Gasteiger partial charge in [0.05, 0.1) is 28.1 Å². The molecule has 0 aliphatic carbocycles. The van der Waals surface area contributed by atoms with Crippen LogP contribution in [0.4, 0.5) is 17.1 Å². The van der Waals surface area contributed by atoms with E-state index in [-0.39, 0.29) is 0 Å². The van der Waals surface area contributed by atoms with Crippen LogP contribution in [-0.2, 0) is 0 Å². The van der Waals surface area contributed by atoms with Crippen LogP contribution >= 0.6 is 0 Å². The van der Waals surface area contributed by atoms with Gasteiger partial charge in [0.2, 0.25) is 0 Å². The van der Waals surface area contributed by atoms with Crippen LogP contribution in [0.1, 0.15) is 0 Å². The third-order valence-corrected chi connectivity index (χ3v) is 11.0. The lowest BCUT2D eigenvalue weighted by molar-refractivity contribution is 0.669. The molecule has 11 aromatic rings. The lowest BCUT2D eigenvalue weighted by Gasteiger charge is -2.30. The van der Waals surface area contributed by atoms with Crippen molar-refractivity contribution in [1.29, 1.82) is 0 Å². The van der Waals surface area contributed by atoms with Crippen molar-refractivity contribution in [1.82, 2.24) is 4.57 Å². The van der Waals surface area contributed by atoms with Gasteiger partial charge in [-0.2, -0.15) is 0 Å². The zero-order chi connectivity index (χ0) is 36.3. The van der Waals surface area contributed by atoms with Crippen LogP contribution in [-0.4, -0.2) is 4.57 Å². The molecule has 0 amide bonds. The van der Waals surface area contributed by atoms with E-state index in [1.807, 2.05) is 12.1 Å². The zero-order valence-electron chi connectivity index (χ0n) is 29.9. The maximum Gasteiger partial charge on any atom is 0.135 e. The Balaban J connectivity index is 1.24. The Kier molecular flexibility index (Phi) is 7.17. The first-order chi connectivity index (χ1) is 27.3. The molecule has 3 heteroatoms. The highest BCUT2D eigenvalue weighted by Crippen LogP contribution is 2.49. The van der Waals surface area contributed by atoms with E-state index >= 15 is 0 Å². The molecule has 55 heavy (non-hydrogen) atoms. The summed E-state index contributed by atoms with van der Waals surface area (Å²) in [6.45, 7) is 0. The quantitative estimate of drug-likeness (QED) is 0.172. The van der Waals surface area contributed by atoms with Crippen molar-refractivity contribution in [2.75, 3.05) is 4.90 Å². The van der Waals surface area contributed by atoms with Crippen LogP contribution in [0, 0.1) is 0 Å². The van der Waals surface area contributed by atoms with Crippen LogP contribution in [0.5, 0.6) is 0 Å². The maximum absolute atomic E-state index is 6.27. The van der Waals surface area contributed by atoms with Crippen LogP contribution in [0.15, 0.2) is 211 Å². The van der Waals surface area contributed by atoms with Crippen molar-refractivity contribution >= 4 is 71.6 Å². The standard InChI is InChI=1S/C52H34N2O/c1-3-16-35(17-4-1)38-31-32-47(41-22-8-7-21-40(38)41)54(45-25-12-9-20-39(45)36-30-33-51-44(34-36)42-23-11-14-29-50(42)55-51)49-28-15-27-48-52(49)43-24-10-13-26-46(43)53(48)37-18-5-2-6-19-37/h1-34H. The van der Waals surface area contributed by atoms with Crippen molar-refractivity contribution in [2.45, 2.75) is 0 Å². The number of anilines is 3. The smallest absolute Gasteiger partial charge is 0.135 e. The van der Waals surface area contributed by atoms with Crippen LogP contribution in [0.25, 0.3) is 82.5 Å². The minimum Gasteiger partial charge on any atom is -0.456 e. The molecule has 0 saturated carbocycles. The highest BCUT2D eigenvalue weighted by Gasteiger charge is 2.25. The Morgan fingerprint density at radius 2 is 0.982 bits per heavy atom. The Bertz CT molecular complexity index is 3210. The molecule has 258 valence electrons. The van der Waals surface area contributed by atoms with E-state index in [2.05, 4.69) is 204 Å². The zero-order valence-corrected chi connectivity index (χ0v) is 29.9. The summed E-state index contributed by atoms with van der Waals surface area (Å²) in [5.74, 6) is 0. The van der Waals surface area contributed by atoms with Crippen molar-refractivity contribution in [3.05, 3.63) is 206 Å². The number of para-hydroxylation sites is 4. The highest BCUT2D eigenvalue weighted by molar-refractivity contribution is 6.18. The summed E-state index contributed by atoms with van der Waals surface area (Å²) in [6, 6.07) is 74.1. The first kappa shape index (κ1) is 31.2. The summed E-state index contributed by atoms with van der Waals surface area (Å²) >= 11 is 0. The van der Waals surface area contributed by atoms with Gasteiger partial charge in [-0.1, -0.05) is 146 Å². The van der Waals surface area contributed by atoms with Gasteiger partial charge in [0.15, 0.2) is 0 Å². The number of fused-ring (bicyclic) bond motifs is 7. The Morgan fingerprint density at radius 1 is 0.345 bits per heavy atom. The normalized spacial score (nSPS) is 11.6. The fourth-order valence-electron chi connectivity index (χ4n) is 8.59. The van der Waals surface area contributed by atoms with E-state index in [1.165, 1.54) is 38.2 Å². The van der Waals surface area contributed by atoms with E-state index in [1.54, 1.807) is 0 Å². The maximum atomic E-state index is 6.27. The molecule has 0 saturated heterocycles. The molecular formula is C52H34N2O. The summed E-state index contributed by atoms with van der Waals surface area (Å²) in [6.07, 6.45) is 0. The monoisotopic (exact) mass is 702 g/mol. The second-order valence-electron chi connectivity index (χ2n) is 14.1. The van der Waals surface area contributed by atoms with E-state index < -0.39 is 0 Å². The molecule has 0 aliphatic rings. The van der Waals surface area contributed by atoms with E-state index in [0.717, 1.165) is 61.3 Å². The number of benzene rings is 9. The molecule has 0 bridgehead atoms. The topological polar surface area (TPSA) is 21.3 Å². The second-order valence-corrected chi connectivity index (χ2v) is 14.1. The molecule has 2 heterocycles. The first-order valence-electron chi connectivity index (χ1n) is 18.8. The predicted molar refractivity (Wildman–Crippen MR) is 231 cm³/mol. The van der Waals surface area contributed by atoms with Crippen molar-refractivity contribution in [3.8, 4) is 27.9 Å². The molecule has 0 aliphatic heterocycles. The van der Waals surface area contributed by atoms with Gasteiger partial charge < -0.3 is 13.9 Å². The predicted octanol–water partition coefficient (Wildman–Crippen LogP) is 14.6. The van der Waals surface area contributed by atoms with Crippen molar-refractivity contribution in [2.24, 2.45) is 0 Å². The number of hydrogen-bond acceptors (Lipinski definition) is 2. The number of furan rings is 1. The third-order valence-electron chi connectivity index (χ3n) is 11.0. The van der Waals surface area contributed by atoms with Crippen LogP contribution < -0.4 is 4.90 Å². The Labute approximate surface area is 318 Å². The van der Waals surface area contributed by atoms with Gasteiger partial charge in [0.25, 0.3) is 0 Å². The van der Waals surface area contributed by atoms with E-state index in [9.17, 15) is 0 Å². The Hall–Kier alpha value is -7.36. The van der Waals surface area contributed by atoms with Gasteiger partial charge in [-0.05, 0) is 82.7 Å². The second kappa shape index (κ2) is 12.6. The molecular weight excluding hydrogens is 669 g/mol. The number of aromatic nitrogens is 1. The molecule has 3 nitrogen and oxygen atoms in total. The summed E-state index contributed by atoms with van der Waals surface area (Å²) < 4.78 is 8.67. The molecule has 0 N–H and O–H groups in total. The average molecular weight is 703 g/mol. The summed E-state index contributed by atoms with van der Waals surface area (Å²) in [5.41, 5.74) is 13.2. The lowest BCUT2D eigenvalue weighted by atomic mass is 9.95. The molecule has 0 spiro atoms. The molecule has 0 atom stereocenters. The fraction of sp³-hybridized carbons (Fsp3) is 0. The molecule has 0 unspecified atom stereocenters. The molecule has 2 aromatic heterocycles. The van der Waals surface area contributed by atoms with Crippen LogP contribution in [0.3, 0.4) is 0 Å². The fourth-order valence-corrected chi connectivity index (χ4v) is 8.59. The SMILES string of the molecule is c1ccc(-c2ccc(N(c3ccccc3-c3ccc4oc5ccccc5c4c3)c3cccc4c3c3ccccc3n4-c3ccccc3)c3ccccc23)cc1. The number of rotatable bonds is 6. The van der Waals surface area contributed by atoms with Crippen molar-refractivity contribution < 1.29 is 4.42 Å². The van der Waals surface area contributed by atoms with Gasteiger partial charge in [0.1, 0.15) is 11.2 Å². The molecule has 9 aromatic carbocycles. The summed E-state index contributed by atoms with van der Waals surface area (Å²) in [5, 5.41) is 7.02. The van der Waals surface area contributed by atoms with E-state index in [0.29, 0.717) is 0 Å². The van der Waals surface area contributed by atoms with Gasteiger partial charge >= 0.3 is 0 Å². The highest BCUT2D eigenvalue weighted by atomic mass is 16.3. The molecule has 0 fully saturated rings. The van der Waals surface area contributed by atoms with Gasteiger partial charge in [-0.15, -0.1) is 0 Å². The van der Waals surface area contributed by atoms with Gasteiger partial charge in [0, 0.05) is 38.2 Å². The van der Waals surface area contributed by atoms with Crippen LogP contribution in [0.2, 0.25) is 0 Å². The molecule has 11 rings (SSSR count). The minimum absolute atomic E-state index is 0.889. The Morgan fingerprint density at radius 3 is 1.84 bits per heavy atom.